The Morgan fingerprint density at radius 2 is 1.85 bits per heavy atom. The maximum Gasteiger partial charge on any atom is 0.416 e. The van der Waals surface area contributed by atoms with Crippen LogP contribution in [0.3, 0.4) is 0 Å². The molecule has 0 aliphatic rings. The fourth-order valence-corrected chi connectivity index (χ4v) is 3.83. The lowest BCUT2D eigenvalue weighted by molar-refractivity contribution is -0.137. The SMILES string of the molecule is O=S(=O)(CCc1cccs1)c1cccc(C(F)(F)F)c1. The van der Waals surface area contributed by atoms with E-state index in [2.05, 4.69) is 0 Å². The first kappa shape index (κ1) is 15.1. The highest BCUT2D eigenvalue weighted by atomic mass is 32.2. The molecule has 0 unspecified atom stereocenters. The molecule has 108 valence electrons. The third-order valence-electron chi connectivity index (χ3n) is 2.72. The summed E-state index contributed by atoms with van der Waals surface area (Å²) in [4.78, 5) is 0.601. The van der Waals surface area contributed by atoms with Crippen LogP contribution in [0.1, 0.15) is 10.4 Å². The second-order valence-corrected chi connectivity index (χ2v) is 7.32. The number of thiophene rings is 1. The summed E-state index contributed by atoms with van der Waals surface area (Å²) in [6.07, 6.45) is -4.24. The largest absolute Gasteiger partial charge is 0.416 e. The Hall–Kier alpha value is -1.34. The zero-order chi connectivity index (χ0) is 14.8. The highest BCUT2D eigenvalue weighted by molar-refractivity contribution is 7.91. The van der Waals surface area contributed by atoms with E-state index in [0.29, 0.717) is 12.5 Å². The normalized spacial score (nSPS) is 12.6. The van der Waals surface area contributed by atoms with Crippen LogP contribution in [-0.2, 0) is 22.4 Å². The molecule has 0 saturated carbocycles. The van der Waals surface area contributed by atoms with E-state index in [1.807, 2.05) is 5.38 Å². The molecule has 0 radical (unpaired) electrons. The second-order valence-electron chi connectivity index (χ2n) is 4.17. The molecule has 0 aliphatic heterocycles. The van der Waals surface area contributed by atoms with Crippen molar-refractivity contribution in [3.05, 3.63) is 52.2 Å². The van der Waals surface area contributed by atoms with E-state index < -0.39 is 21.6 Å². The summed E-state index contributed by atoms with van der Waals surface area (Å²) >= 11 is 1.42. The van der Waals surface area contributed by atoms with E-state index >= 15 is 0 Å². The van der Waals surface area contributed by atoms with Crippen molar-refractivity contribution in [3.63, 3.8) is 0 Å². The fourth-order valence-electron chi connectivity index (χ4n) is 1.67. The number of sulfone groups is 1. The van der Waals surface area contributed by atoms with Crippen molar-refractivity contribution in [2.75, 3.05) is 5.75 Å². The Morgan fingerprint density at radius 1 is 1.10 bits per heavy atom. The molecule has 1 aromatic carbocycles. The van der Waals surface area contributed by atoms with Gasteiger partial charge in [-0.15, -0.1) is 11.3 Å². The van der Waals surface area contributed by atoms with Crippen molar-refractivity contribution in [1.29, 1.82) is 0 Å². The van der Waals surface area contributed by atoms with Gasteiger partial charge in [-0.05, 0) is 36.1 Å². The van der Waals surface area contributed by atoms with E-state index in [1.54, 1.807) is 12.1 Å². The van der Waals surface area contributed by atoms with Crippen LogP contribution in [0, 0.1) is 0 Å². The second kappa shape index (κ2) is 5.57. The van der Waals surface area contributed by atoms with Crippen LogP contribution in [0.5, 0.6) is 0 Å². The van der Waals surface area contributed by atoms with Crippen molar-refractivity contribution in [2.24, 2.45) is 0 Å². The Balaban J connectivity index is 2.21. The van der Waals surface area contributed by atoms with Crippen LogP contribution in [0.15, 0.2) is 46.7 Å². The van der Waals surface area contributed by atoms with Crippen molar-refractivity contribution in [3.8, 4) is 0 Å². The minimum atomic E-state index is -4.54. The molecule has 1 heterocycles. The Kier molecular flexibility index (Phi) is 4.19. The minimum Gasteiger partial charge on any atom is -0.224 e. The van der Waals surface area contributed by atoms with E-state index in [9.17, 15) is 21.6 Å². The van der Waals surface area contributed by atoms with Crippen LogP contribution in [0.4, 0.5) is 13.2 Å². The summed E-state index contributed by atoms with van der Waals surface area (Å²) in [5.41, 5.74) is -0.949. The molecule has 0 amide bonds. The van der Waals surface area contributed by atoms with E-state index in [1.165, 1.54) is 17.4 Å². The van der Waals surface area contributed by atoms with Crippen LogP contribution in [0.2, 0.25) is 0 Å². The first-order chi connectivity index (χ1) is 9.29. The first-order valence-electron chi connectivity index (χ1n) is 5.71. The van der Waals surface area contributed by atoms with Gasteiger partial charge in [0.05, 0.1) is 16.2 Å². The van der Waals surface area contributed by atoms with Crippen LogP contribution < -0.4 is 0 Å². The zero-order valence-electron chi connectivity index (χ0n) is 10.2. The molecule has 0 atom stereocenters. The zero-order valence-corrected chi connectivity index (χ0v) is 11.9. The van der Waals surface area contributed by atoms with Gasteiger partial charge in [0.2, 0.25) is 0 Å². The number of benzene rings is 1. The van der Waals surface area contributed by atoms with E-state index in [4.69, 9.17) is 0 Å². The van der Waals surface area contributed by atoms with Gasteiger partial charge in [0.15, 0.2) is 9.84 Å². The molecule has 0 N–H and O–H groups in total. The van der Waals surface area contributed by atoms with Crippen molar-refractivity contribution < 1.29 is 21.6 Å². The van der Waals surface area contributed by atoms with Gasteiger partial charge in [-0.1, -0.05) is 12.1 Å². The summed E-state index contributed by atoms with van der Waals surface area (Å²) < 4.78 is 61.8. The van der Waals surface area contributed by atoms with Gasteiger partial charge in [0, 0.05) is 4.88 Å². The standard InChI is InChI=1S/C13H11F3O2S2/c14-13(15,16)10-3-1-5-12(9-10)20(17,18)8-6-11-4-2-7-19-11/h1-5,7,9H,6,8H2. The number of halogens is 3. The molecule has 1 aromatic heterocycles. The van der Waals surface area contributed by atoms with Crippen LogP contribution in [-0.4, -0.2) is 14.2 Å². The third-order valence-corrected chi connectivity index (χ3v) is 5.37. The van der Waals surface area contributed by atoms with Gasteiger partial charge >= 0.3 is 6.18 Å². The smallest absolute Gasteiger partial charge is 0.224 e. The summed E-state index contributed by atoms with van der Waals surface area (Å²) in [6, 6.07) is 7.45. The molecular formula is C13H11F3O2S2. The molecule has 0 spiro atoms. The third kappa shape index (κ3) is 3.61. The summed E-state index contributed by atoms with van der Waals surface area (Å²) in [7, 11) is -3.71. The molecular weight excluding hydrogens is 309 g/mol. The summed E-state index contributed by atoms with van der Waals surface area (Å²) in [5, 5.41) is 1.83. The Bertz CT molecular complexity index is 674. The molecule has 0 aliphatic carbocycles. The van der Waals surface area contributed by atoms with E-state index in [-0.39, 0.29) is 10.6 Å². The maximum absolute atomic E-state index is 12.6. The van der Waals surface area contributed by atoms with Crippen molar-refractivity contribution >= 4 is 21.2 Å². The first-order valence-corrected chi connectivity index (χ1v) is 8.25. The molecule has 0 fully saturated rings. The van der Waals surface area contributed by atoms with Gasteiger partial charge < -0.3 is 0 Å². The Morgan fingerprint density at radius 3 is 2.45 bits per heavy atom. The predicted molar refractivity (Wildman–Crippen MR) is 71.5 cm³/mol. The van der Waals surface area contributed by atoms with Crippen molar-refractivity contribution in [2.45, 2.75) is 17.5 Å². The predicted octanol–water partition coefficient (Wildman–Crippen LogP) is 3.78. The maximum atomic E-state index is 12.6. The molecule has 0 saturated heterocycles. The lowest BCUT2D eigenvalue weighted by Crippen LogP contribution is -2.11. The summed E-state index contributed by atoms with van der Waals surface area (Å²) in [5.74, 6) is -0.200. The van der Waals surface area contributed by atoms with Crippen LogP contribution in [0.25, 0.3) is 0 Å². The fraction of sp³-hybridized carbons (Fsp3) is 0.231. The average Bonchev–Trinajstić information content (AvgIpc) is 2.89. The summed E-state index contributed by atoms with van der Waals surface area (Å²) in [6.45, 7) is 0. The molecule has 0 bridgehead atoms. The molecule has 2 rings (SSSR count). The van der Waals surface area contributed by atoms with Gasteiger partial charge in [0.1, 0.15) is 0 Å². The van der Waals surface area contributed by atoms with Gasteiger partial charge in [-0.3, -0.25) is 0 Å². The Labute approximate surface area is 118 Å². The highest BCUT2D eigenvalue weighted by Gasteiger charge is 2.31. The monoisotopic (exact) mass is 320 g/mol. The number of hydrogen-bond acceptors (Lipinski definition) is 3. The number of aryl methyl sites for hydroxylation is 1. The van der Waals surface area contributed by atoms with Crippen LogP contribution >= 0.6 is 11.3 Å². The van der Waals surface area contributed by atoms with Gasteiger partial charge in [0.25, 0.3) is 0 Å². The quantitative estimate of drug-likeness (QED) is 0.859. The number of alkyl halides is 3. The molecule has 20 heavy (non-hydrogen) atoms. The number of hydrogen-bond donors (Lipinski definition) is 0. The topological polar surface area (TPSA) is 34.1 Å². The van der Waals surface area contributed by atoms with Gasteiger partial charge in [-0.25, -0.2) is 8.42 Å². The average molecular weight is 320 g/mol. The highest BCUT2D eigenvalue weighted by Crippen LogP contribution is 2.30. The molecule has 7 heteroatoms. The lowest BCUT2D eigenvalue weighted by Gasteiger charge is -2.09. The van der Waals surface area contributed by atoms with Crippen molar-refractivity contribution in [1.82, 2.24) is 0 Å². The van der Waals surface area contributed by atoms with Gasteiger partial charge in [-0.2, -0.15) is 13.2 Å². The lowest BCUT2D eigenvalue weighted by atomic mass is 10.2. The number of rotatable bonds is 4. The minimum absolute atomic E-state index is 0.200. The van der Waals surface area contributed by atoms with E-state index in [0.717, 1.165) is 17.0 Å². The molecule has 2 aromatic rings. The molecule has 2 nitrogen and oxygen atoms in total.